The van der Waals surface area contributed by atoms with Crippen molar-refractivity contribution in [3.05, 3.63) is 49.9 Å². The molecule has 1 aromatic heterocycles. The highest BCUT2D eigenvalue weighted by Gasteiger charge is 2.69. The normalized spacial score (nSPS) is 33.8. The lowest BCUT2D eigenvalue weighted by Crippen LogP contribution is -2.42. The van der Waals surface area contributed by atoms with Crippen LogP contribution < -0.4 is 4.87 Å². The molecule has 3 fully saturated rings. The summed E-state index contributed by atoms with van der Waals surface area (Å²) in [6.45, 7) is 2.27. The number of carbonyl (C=O) groups excluding carboxylic acids is 2. The fraction of sp³-hybridized carbons (Fsp3) is 0.500. The molecule has 0 radical (unpaired) electrons. The fourth-order valence-corrected chi connectivity index (χ4v) is 9.85. The average molecular weight is 485 g/mol. The fourth-order valence-electron chi connectivity index (χ4n) is 6.97. The number of carbonyl (C=O) groups is 3. The number of benzene rings is 1. The Kier molecular flexibility index (Phi) is 4.85. The number of aliphatic carboxylic acids is 1. The van der Waals surface area contributed by atoms with E-state index in [1.807, 2.05) is 12.1 Å². The molecule has 0 unspecified atom stereocenters. The number of aromatic nitrogens is 1. The molecule has 7 nitrogen and oxygen atoms in total. The number of aromatic amines is 1. The highest BCUT2D eigenvalue weighted by atomic mass is 32.2. The number of amides is 2. The third kappa shape index (κ3) is 3.01. The molecule has 2 aliphatic heterocycles. The molecule has 2 bridgehead atoms. The molecule has 172 valence electrons. The first-order valence-corrected chi connectivity index (χ1v) is 13.1. The van der Waals surface area contributed by atoms with Crippen LogP contribution in [0.5, 0.6) is 0 Å². The van der Waals surface area contributed by atoms with E-state index in [9.17, 15) is 19.2 Å². The van der Waals surface area contributed by atoms with Crippen molar-refractivity contribution in [3.63, 3.8) is 0 Å². The van der Waals surface area contributed by atoms with Crippen molar-refractivity contribution in [2.24, 2.45) is 29.6 Å². The Bertz CT molecular complexity index is 1240. The van der Waals surface area contributed by atoms with E-state index in [4.69, 9.17) is 5.11 Å². The summed E-state index contributed by atoms with van der Waals surface area (Å²) in [5, 5.41) is 10.0. The van der Waals surface area contributed by atoms with E-state index in [2.05, 4.69) is 24.0 Å². The van der Waals surface area contributed by atoms with E-state index < -0.39 is 5.97 Å². The average Bonchev–Trinajstić information content (AvgIpc) is 3.49. The highest BCUT2D eigenvalue weighted by molar-refractivity contribution is 8.00. The van der Waals surface area contributed by atoms with Crippen LogP contribution in [-0.4, -0.2) is 44.6 Å². The van der Waals surface area contributed by atoms with Gasteiger partial charge in [-0.15, -0.1) is 11.8 Å². The summed E-state index contributed by atoms with van der Waals surface area (Å²) in [6.07, 6.45) is 1.09. The van der Waals surface area contributed by atoms with E-state index in [1.54, 1.807) is 11.8 Å². The molecule has 1 saturated heterocycles. The van der Waals surface area contributed by atoms with E-state index in [-0.39, 0.29) is 76.8 Å². The quantitative estimate of drug-likeness (QED) is 0.632. The topological polar surface area (TPSA) is 108 Å². The Morgan fingerprint density at radius 2 is 1.88 bits per heavy atom. The molecule has 4 aliphatic rings. The predicted octanol–water partition coefficient (Wildman–Crippen LogP) is 3.08. The molecule has 0 spiro atoms. The Labute approximate surface area is 198 Å². The van der Waals surface area contributed by atoms with Crippen molar-refractivity contribution in [3.8, 4) is 0 Å². The van der Waals surface area contributed by atoms with Gasteiger partial charge in [0.1, 0.15) is 0 Å². The van der Waals surface area contributed by atoms with Gasteiger partial charge in [0.15, 0.2) is 0 Å². The van der Waals surface area contributed by atoms with Crippen molar-refractivity contribution in [1.82, 2.24) is 9.88 Å². The molecule has 2 N–H and O–H groups in total. The van der Waals surface area contributed by atoms with E-state index in [0.29, 0.717) is 0 Å². The van der Waals surface area contributed by atoms with Gasteiger partial charge >= 0.3 is 10.8 Å². The van der Waals surface area contributed by atoms with Crippen molar-refractivity contribution < 1.29 is 19.5 Å². The summed E-state index contributed by atoms with van der Waals surface area (Å²) < 4.78 is 0. The second-order valence-electron chi connectivity index (χ2n) is 9.64. The van der Waals surface area contributed by atoms with Gasteiger partial charge in [-0.2, -0.15) is 0 Å². The standard InChI is InChI=1S/C24H24N2O5S2/c1-10-5-2-3-6-11(10)15-16-12-9-13(19(16)32-21-20(15)33-24(31)25-21)18-17(12)22(29)26(23(18)30)8-4-7-14(27)28/h2-3,5-6,12-13,15-19H,4,7-9H2,1H3,(H,25,31)(H,27,28)/t12-,13-,15-,16-,17+,18+,19-/m1/s1. The largest absolute Gasteiger partial charge is 0.481 e. The lowest BCUT2D eigenvalue weighted by atomic mass is 9.67. The van der Waals surface area contributed by atoms with Gasteiger partial charge in [-0.25, -0.2) is 0 Å². The van der Waals surface area contributed by atoms with Crippen LogP contribution in [-0.2, 0) is 14.4 Å². The monoisotopic (exact) mass is 484 g/mol. The smallest absolute Gasteiger partial charge is 0.305 e. The van der Waals surface area contributed by atoms with Crippen LogP contribution in [0.2, 0.25) is 0 Å². The minimum Gasteiger partial charge on any atom is -0.481 e. The number of hydrogen-bond donors (Lipinski definition) is 2. The molecule has 2 aromatic rings. The zero-order chi connectivity index (χ0) is 23.0. The number of fused-ring (bicyclic) bond motifs is 9. The first-order chi connectivity index (χ1) is 15.9. The van der Waals surface area contributed by atoms with Gasteiger partial charge in [-0.1, -0.05) is 35.6 Å². The molecule has 3 heterocycles. The SMILES string of the molecule is Cc1ccccc1[C@H]1c2sc(=O)[nH]c2S[C@@H]2[C@@H]3C[C@@H]([C@@H]4C(=O)N(CCCC(=O)O)C(=O)[C@@H]34)[C@H]12. The number of carboxylic acid groups (broad SMARTS) is 1. The lowest BCUT2D eigenvalue weighted by Gasteiger charge is -2.43. The Morgan fingerprint density at radius 3 is 2.61 bits per heavy atom. The van der Waals surface area contributed by atoms with Gasteiger partial charge in [-0.3, -0.25) is 24.1 Å². The van der Waals surface area contributed by atoms with E-state index >= 15 is 0 Å². The molecular weight excluding hydrogens is 460 g/mol. The number of nitrogens with one attached hydrogen (secondary N) is 1. The van der Waals surface area contributed by atoms with Crippen molar-refractivity contribution >= 4 is 40.9 Å². The zero-order valence-electron chi connectivity index (χ0n) is 18.0. The van der Waals surface area contributed by atoms with E-state index in [1.165, 1.54) is 27.4 Å². The molecular formula is C24H24N2O5S2. The van der Waals surface area contributed by atoms with Gasteiger partial charge in [0.05, 0.1) is 16.9 Å². The molecule has 9 heteroatoms. The van der Waals surface area contributed by atoms with Gasteiger partial charge < -0.3 is 10.1 Å². The molecule has 1 aromatic carbocycles. The third-order valence-electron chi connectivity index (χ3n) is 8.11. The van der Waals surface area contributed by atoms with Crippen molar-refractivity contribution in [1.29, 1.82) is 0 Å². The molecule has 2 aliphatic carbocycles. The second-order valence-corrected chi connectivity index (χ2v) is 11.8. The molecule has 2 amide bonds. The molecule has 2 saturated carbocycles. The van der Waals surface area contributed by atoms with E-state index in [0.717, 1.165) is 16.3 Å². The number of likely N-dealkylation sites (tertiary alicyclic amines) is 1. The second kappa shape index (κ2) is 7.56. The Morgan fingerprint density at radius 1 is 1.15 bits per heavy atom. The minimum absolute atomic E-state index is 0.0383. The zero-order valence-corrected chi connectivity index (χ0v) is 19.7. The highest BCUT2D eigenvalue weighted by Crippen LogP contribution is 2.68. The van der Waals surface area contributed by atoms with Crippen LogP contribution in [0, 0.1) is 36.5 Å². The van der Waals surface area contributed by atoms with Gasteiger partial charge in [0.25, 0.3) is 0 Å². The Hall–Kier alpha value is -2.39. The lowest BCUT2D eigenvalue weighted by molar-refractivity contribution is -0.142. The van der Waals surface area contributed by atoms with Crippen LogP contribution in [0.1, 0.15) is 41.2 Å². The number of H-pyrrole nitrogens is 1. The Balaban J connectivity index is 1.39. The number of imide groups is 1. The summed E-state index contributed by atoms with van der Waals surface area (Å²) >= 11 is 2.96. The maximum atomic E-state index is 13.4. The third-order valence-corrected chi connectivity index (χ3v) is 10.7. The van der Waals surface area contributed by atoms with Crippen LogP contribution in [0.15, 0.2) is 34.1 Å². The summed E-state index contributed by atoms with van der Waals surface area (Å²) in [7, 11) is 0. The van der Waals surface area contributed by atoms with Gasteiger partial charge in [-0.05, 0) is 48.6 Å². The van der Waals surface area contributed by atoms with Gasteiger partial charge in [0.2, 0.25) is 11.8 Å². The predicted molar refractivity (Wildman–Crippen MR) is 123 cm³/mol. The maximum Gasteiger partial charge on any atom is 0.305 e. The first kappa shape index (κ1) is 21.2. The van der Waals surface area contributed by atoms with Crippen LogP contribution in [0.3, 0.4) is 0 Å². The maximum absolute atomic E-state index is 13.4. The molecule has 6 rings (SSSR count). The van der Waals surface area contributed by atoms with Crippen LogP contribution in [0.4, 0.5) is 0 Å². The van der Waals surface area contributed by atoms with Crippen molar-refractivity contribution in [2.75, 3.05) is 6.54 Å². The minimum atomic E-state index is -0.919. The number of nitrogens with zero attached hydrogens (tertiary/aromatic N) is 1. The first-order valence-electron chi connectivity index (χ1n) is 11.4. The molecule has 33 heavy (non-hydrogen) atoms. The van der Waals surface area contributed by atoms with Crippen LogP contribution >= 0.6 is 23.1 Å². The van der Waals surface area contributed by atoms with Crippen molar-refractivity contribution in [2.45, 2.75) is 42.4 Å². The summed E-state index contributed by atoms with van der Waals surface area (Å²) in [5.74, 6) is -1.39. The summed E-state index contributed by atoms with van der Waals surface area (Å²) in [5.41, 5.74) is 2.37. The number of aryl methyl sites for hydroxylation is 1. The number of thiazole rings is 1. The summed E-state index contributed by atoms with van der Waals surface area (Å²) in [4.78, 5) is 55.2. The number of carboxylic acids is 1. The number of thioether (sulfide) groups is 1. The molecule has 7 atom stereocenters. The number of hydrogen-bond acceptors (Lipinski definition) is 6. The van der Waals surface area contributed by atoms with Gasteiger partial charge in [0, 0.05) is 29.0 Å². The summed E-state index contributed by atoms with van der Waals surface area (Å²) in [6, 6.07) is 8.26. The number of rotatable bonds is 5. The van der Waals surface area contributed by atoms with Crippen LogP contribution in [0.25, 0.3) is 0 Å².